The SMILES string of the molecule is COCCN/C=C\C(=N)Nc1ncc2c(n1)-c1c(nn(C)c1-c1ccc(F)cc1)CC2. The van der Waals surface area contributed by atoms with Gasteiger partial charge in [0.15, 0.2) is 0 Å². The summed E-state index contributed by atoms with van der Waals surface area (Å²) in [6, 6.07) is 6.39. The third-order valence-electron chi connectivity index (χ3n) is 5.03. The van der Waals surface area contributed by atoms with Crippen molar-refractivity contribution in [3.05, 3.63) is 59.8 Å². The molecule has 0 saturated carbocycles. The minimum Gasteiger partial charge on any atom is -0.388 e. The van der Waals surface area contributed by atoms with Gasteiger partial charge in [0.25, 0.3) is 0 Å². The summed E-state index contributed by atoms with van der Waals surface area (Å²) in [5.74, 6) is 0.218. The molecule has 0 saturated heterocycles. The van der Waals surface area contributed by atoms with E-state index < -0.39 is 0 Å². The van der Waals surface area contributed by atoms with Gasteiger partial charge < -0.3 is 15.4 Å². The molecule has 2 aromatic heterocycles. The largest absolute Gasteiger partial charge is 0.388 e. The second kappa shape index (κ2) is 9.05. The van der Waals surface area contributed by atoms with Crippen LogP contribution in [0.15, 0.2) is 42.7 Å². The Kier molecular flexibility index (Phi) is 6.03. The first-order valence-electron chi connectivity index (χ1n) is 9.99. The number of nitrogens with one attached hydrogen (secondary N) is 3. The van der Waals surface area contributed by atoms with Crippen LogP contribution in [0.3, 0.4) is 0 Å². The molecule has 3 N–H and O–H groups in total. The summed E-state index contributed by atoms with van der Waals surface area (Å²) < 4.78 is 20.2. The van der Waals surface area contributed by atoms with Gasteiger partial charge in [-0.2, -0.15) is 5.10 Å². The Morgan fingerprint density at radius 2 is 2.10 bits per heavy atom. The molecule has 4 rings (SSSR count). The van der Waals surface area contributed by atoms with Crippen LogP contribution in [-0.4, -0.2) is 45.8 Å². The van der Waals surface area contributed by atoms with Crippen LogP contribution >= 0.6 is 0 Å². The summed E-state index contributed by atoms with van der Waals surface area (Å²) in [5.41, 5.74) is 5.47. The molecule has 31 heavy (non-hydrogen) atoms. The van der Waals surface area contributed by atoms with Gasteiger partial charge in [-0.25, -0.2) is 14.4 Å². The third kappa shape index (κ3) is 4.46. The highest BCUT2D eigenvalue weighted by Crippen LogP contribution is 2.39. The first kappa shape index (κ1) is 20.7. The molecule has 1 aliphatic rings. The molecule has 8 nitrogen and oxygen atoms in total. The van der Waals surface area contributed by atoms with Crippen LogP contribution in [0.5, 0.6) is 0 Å². The van der Waals surface area contributed by atoms with E-state index >= 15 is 0 Å². The summed E-state index contributed by atoms with van der Waals surface area (Å²) in [5, 5.41) is 18.7. The average Bonchev–Trinajstić information content (AvgIpc) is 3.10. The van der Waals surface area contributed by atoms with Crippen molar-refractivity contribution in [2.75, 3.05) is 25.6 Å². The van der Waals surface area contributed by atoms with Crippen LogP contribution in [0.1, 0.15) is 11.3 Å². The van der Waals surface area contributed by atoms with Gasteiger partial charge in [-0.05, 0) is 48.7 Å². The fourth-order valence-electron chi connectivity index (χ4n) is 3.61. The van der Waals surface area contributed by atoms with Crippen molar-refractivity contribution in [3.63, 3.8) is 0 Å². The van der Waals surface area contributed by atoms with Crippen LogP contribution in [0.25, 0.3) is 22.5 Å². The molecular weight excluding hydrogens is 397 g/mol. The molecule has 9 heteroatoms. The van der Waals surface area contributed by atoms with Crippen molar-refractivity contribution in [1.82, 2.24) is 25.1 Å². The molecule has 0 fully saturated rings. The van der Waals surface area contributed by atoms with Crippen LogP contribution < -0.4 is 10.6 Å². The van der Waals surface area contributed by atoms with Gasteiger partial charge in [-0.1, -0.05) is 0 Å². The molecule has 0 atom stereocenters. The fraction of sp³-hybridized carbons (Fsp3) is 0.273. The number of hydrogen-bond donors (Lipinski definition) is 3. The molecular formula is C22H24FN7O. The molecule has 2 heterocycles. The zero-order chi connectivity index (χ0) is 21.8. The number of fused-ring (bicyclic) bond motifs is 3. The number of rotatable bonds is 7. The third-order valence-corrected chi connectivity index (χ3v) is 5.03. The van der Waals surface area contributed by atoms with Crippen LogP contribution in [-0.2, 0) is 24.6 Å². The zero-order valence-corrected chi connectivity index (χ0v) is 17.4. The van der Waals surface area contributed by atoms with Crippen molar-refractivity contribution in [3.8, 4) is 22.5 Å². The Bertz CT molecular complexity index is 1120. The average molecular weight is 421 g/mol. The maximum Gasteiger partial charge on any atom is 0.228 e. The number of nitrogens with zero attached hydrogens (tertiary/aromatic N) is 4. The van der Waals surface area contributed by atoms with E-state index in [-0.39, 0.29) is 11.7 Å². The Morgan fingerprint density at radius 3 is 2.87 bits per heavy atom. The quantitative estimate of drug-likeness (QED) is 0.308. The number of aromatic nitrogens is 4. The summed E-state index contributed by atoms with van der Waals surface area (Å²) in [6.45, 7) is 1.24. The monoisotopic (exact) mass is 421 g/mol. The molecule has 160 valence electrons. The lowest BCUT2D eigenvalue weighted by Gasteiger charge is -2.17. The fourth-order valence-corrected chi connectivity index (χ4v) is 3.61. The van der Waals surface area contributed by atoms with Crippen LogP contribution in [0, 0.1) is 11.2 Å². The predicted molar refractivity (Wildman–Crippen MR) is 117 cm³/mol. The second-order valence-electron chi connectivity index (χ2n) is 7.19. The summed E-state index contributed by atoms with van der Waals surface area (Å²) >= 11 is 0. The van der Waals surface area contributed by atoms with E-state index in [2.05, 4.69) is 20.7 Å². The second-order valence-corrected chi connectivity index (χ2v) is 7.19. The van der Waals surface area contributed by atoms with E-state index in [1.807, 2.05) is 11.7 Å². The zero-order valence-electron chi connectivity index (χ0n) is 17.4. The lowest BCUT2D eigenvalue weighted by Crippen LogP contribution is -2.16. The van der Waals surface area contributed by atoms with E-state index in [1.54, 1.807) is 37.7 Å². The first-order valence-corrected chi connectivity index (χ1v) is 9.99. The van der Waals surface area contributed by atoms with E-state index in [0.717, 1.165) is 46.6 Å². The lowest BCUT2D eigenvalue weighted by molar-refractivity contribution is 0.203. The van der Waals surface area contributed by atoms with Crippen molar-refractivity contribution in [2.24, 2.45) is 7.05 Å². The van der Waals surface area contributed by atoms with E-state index in [9.17, 15) is 4.39 Å². The number of ether oxygens (including phenoxy) is 1. The Labute approximate surface area is 179 Å². The Morgan fingerprint density at radius 1 is 1.29 bits per heavy atom. The summed E-state index contributed by atoms with van der Waals surface area (Å²) in [4.78, 5) is 9.07. The summed E-state index contributed by atoms with van der Waals surface area (Å²) in [6.07, 6.45) is 6.65. The van der Waals surface area contributed by atoms with Crippen LogP contribution in [0.4, 0.5) is 10.3 Å². The van der Waals surface area contributed by atoms with Crippen molar-refractivity contribution in [1.29, 1.82) is 5.41 Å². The van der Waals surface area contributed by atoms with Crippen molar-refractivity contribution < 1.29 is 9.13 Å². The summed E-state index contributed by atoms with van der Waals surface area (Å²) in [7, 11) is 3.52. The standard InChI is InChI=1S/C22H24FN7O/c1-30-21(14-3-6-16(23)7-4-14)19-17(29-30)8-5-15-13-26-22(28-20(15)19)27-18(24)9-10-25-11-12-31-2/h3-4,6-7,9-10,13,25H,5,8,11-12H2,1-2H3,(H2,24,26,27,28)/b10-9-. The van der Waals surface area contributed by atoms with Crippen molar-refractivity contribution >= 4 is 11.8 Å². The van der Waals surface area contributed by atoms with Crippen molar-refractivity contribution in [2.45, 2.75) is 12.8 Å². The minimum absolute atomic E-state index is 0.158. The molecule has 0 radical (unpaired) electrons. The lowest BCUT2D eigenvalue weighted by atomic mass is 9.91. The molecule has 0 aliphatic heterocycles. The highest BCUT2D eigenvalue weighted by Gasteiger charge is 2.27. The molecule has 1 aliphatic carbocycles. The number of halogens is 1. The smallest absolute Gasteiger partial charge is 0.228 e. The Hall–Kier alpha value is -3.59. The minimum atomic E-state index is -0.280. The topological polar surface area (TPSA) is 101 Å². The molecule has 0 spiro atoms. The maximum atomic E-state index is 13.4. The van der Waals surface area contributed by atoms with Crippen LogP contribution in [0.2, 0.25) is 0 Å². The van der Waals surface area contributed by atoms with Gasteiger partial charge >= 0.3 is 0 Å². The number of aryl methyl sites for hydroxylation is 3. The van der Waals surface area contributed by atoms with Gasteiger partial charge in [0.05, 0.1) is 23.7 Å². The number of anilines is 1. The maximum absolute atomic E-state index is 13.4. The number of amidine groups is 1. The molecule has 0 unspecified atom stereocenters. The Balaban J connectivity index is 1.62. The molecule has 0 amide bonds. The number of hydrogen-bond acceptors (Lipinski definition) is 6. The highest BCUT2D eigenvalue weighted by molar-refractivity contribution is 6.00. The highest BCUT2D eigenvalue weighted by atomic mass is 19.1. The molecule has 1 aromatic carbocycles. The predicted octanol–water partition coefficient (Wildman–Crippen LogP) is 2.92. The molecule has 0 bridgehead atoms. The van der Waals surface area contributed by atoms with Gasteiger partial charge in [0.1, 0.15) is 11.7 Å². The van der Waals surface area contributed by atoms with E-state index in [4.69, 9.17) is 15.1 Å². The normalized spacial score (nSPS) is 12.5. The van der Waals surface area contributed by atoms with Gasteiger partial charge in [-0.3, -0.25) is 10.1 Å². The first-order chi connectivity index (χ1) is 15.1. The molecule has 3 aromatic rings. The number of methoxy groups -OCH3 is 1. The van der Waals surface area contributed by atoms with Gasteiger partial charge in [0, 0.05) is 44.2 Å². The van der Waals surface area contributed by atoms with Gasteiger partial charge in [-0.15, -0.1) is 0 Å². The van der Waals surface area contributed by atoms with Gasteiger partial charge in [0.2, 0.25) is 5.95 Å². The van der Waals surface area contributed by atoms with E-state index in [0.29, 0.717) is 19.1 Å². The number of benzene rings is 1. The van der Waals surface area contributed by atoms with E-state index in [1.165, 1.54) is 12.1 Å².